The molecule has 0 spiro atoms. The van der Waals surface area contributed by atoms with Crippen LogP contribution < -0.4 is 4.74 Å². The lowest BCUT2D eigenvalue weighted by Crippen LogP contribution is -2.30. The molecule has 106 valence electrons. The maximum absolute atomic E-state index is 6.11. The number of ether oxygens (including phenoxy) is 1. The summed E-state index contributed by atoms with van der Waals surface area (Å²) in [5.74, 6) is 1.94. The number of aryl methyl sites for hydroxylation is 1. The summed E-state index contributed by atoms with van der Waals surface area (Å²) in [6.07, 6.45) is 7.89. The predicted molar refractivity (Wildman–Crippen MR) is 88.4 cm³/mol. The second-order valence-corrected chi connectivity index (χ2v) is 7.00. The number of halogens is 1. The quantitative estimate of drug-likeness (QED) is 0.568. The fourth-order valence-corrected chi connectivity index (χ4v) is 3.72. The first-order valence-electron chi connectivity index (χ1n) is 7.15. The van der Waals surface area contributed by atoms with Crippen LogP contribution in [0.1, 0.15) is 44.1 Å². The van der Waals surface area contributed by atoms with Crippen LogP contribution in [-0.2, 0) is 0 Å². The van der Waals surface area contributed by atoms with Crippen molar-refractivity contribution in [2.24, 2.45) is 5.41 Å². The first kappa shape index (κ1) is 15.2. The zero-order valence-corrected chi connectivity index (χ0v) is 14.1. The van der Waals surface area contributed by atoms with Crippen LogP contribution in [0.15, 0.2) is 22.7 Å². The average molecular weight is 343 g/mol. The van der Waals surface area contributed by atoms with Gasteiger partial charge in [-0.05, 0) is 49.3 Å². The van der Waals surface area contributed by atoms with Gasteiger partial charge in [0, 0.05) is 9.89 Å². The van der Waals surface area contributed by atoms with Gasteiger partial charge in [-0.25, -0.2) is 0 Å². The van der Waals surface area contributed by atoms with Gasteiger partial charge in [-0.3, -0.25) is 0 Å². The van der Waals surface area contributed by atoms with Crippen molar-refractivity contribution in [1.29, 1.82) is 0 Å². The molecule has 0 heterocycles. The van der Waals surface area contributed by atoms with E-state index in [9.17, 15) is 0 Å². The molecule has 1 aromatic carbocycles. The Morgan fingerprint density at radius 2 is 1.89 bits per heavy atom. The van der Waals surface area contributed by atoms with E-state index in [1.165, 1.54) is 44.1 Å². The second kappa shape index (κ2) is 7.03. The van der Waals surface area contributed by atoms with Gasteiger partial charge < -0.3 is 4.74 Å². The molecule has 2 rings (SSSR count). The Morgan fingerprint density at radius 3 is 2.47 bits per heavy atom. The molecule has 19 heavy (non-hydrogen) atoms. The van der Waals surface area contributed by atoms with Crippen molar-refractivity contribution in [1.82, 2.24) is 0 Å². The summed E-state index contributed by atoms with van der Waals surface area (Å²) in [4.78, 5) is 0. The van der Waals surface area contributed by atoms with Gasteiger partial charge in [-0.1, -0.05) is 41.6 Å². The van der Waals surface area contributed by atoms with Crippen molar-refractivity contribution in [3.63, 3.8) is 0 Å². The molecule has 0 saturated heterocycles. The fraction of sp³-hybridized carbons (Fsp3) is 0.625. The van der Waals surface area contributed by atoms with Crippen LogP contribution in [0.4, 0.5) is 0 Å². The van der Waals surface area contributed by atoms with Crippen LogP contribution in [0.2, 0.25) is 0 Å². The zero-order chi connectivity index (χ0) is 13.7. The molecule has 0 atom stereocenters. The highest BCUT2D eigenvalue weighted by Crippen LogP contribution is 2.37. The van der Waals surface area contributed by atoms with Crippen LogP contribution in [0.5, 0.6) is 5.75 Å². The summed E-state index contributed by atoms with van der Waals surface area (Å²) >= 11 is 8.09. The molecule has 1 fully saturated rings. The molecule has 0 bridgehead atoms. The van der Waals surface area contributed by atoms with E-state index in [2.05, 4.69) is 47.6 Å². The van der Waals surface area contributed by atoms with Crippen molar-refractivity contribution >= 4 is 28.6 Å². The van der Waals surface area contributed by atoms with Gasteiger partial charge in [0.15, 0.2) is 0 Å². The van der Waals surface area contributed by atoms with E-state index in [1.54, 1.807) is 0 Å². The first-order valence-corrected chi connectivity index (χ1v) is 8.58. The lowest BCUT2D eigenvalue weighted by Gasteiger charge is -2.31. The van der Waals surface area contributed by atoms with E-state index >= 15 is 0 Å². The average Bonchev–Trinajstić information content (AvgIpc) is 2.64. The Bertz CT molecular complexity index is 411. The van der Waals surface area contributed by atoms with Gasteiger partial charge in [-0.15, -0.1) is 0 Å². The zero-order valence-electron chi connectivity index (χ0n) is 11.6. The highest BCUT2D eigenvalue weighted by atomic mass is 79.9. The van der Waals surface area contributed by atoms with Gasteiger partial charge in [0.1, 0.15) is 5.75 Å². The molecular weight excluding hydrogens is 320 g/mol. The summed E-state index contributed by atoms with van der Waals surface area (Å²) in [5, 5.41) is 0. The molecule has 1 aliphatic rings. The minimum Gasteiger partial charge on any atom is -0.493 e. The number of rotatable bonds is 4. The highest BCUT2D eigenvalue weighted by Gasteiger charge is 2.30. The lowest BCUT2D eigenvalue weighted by molar-refractivity contribution is 0.147. The van der Waals surface area contributed by atoms with Gasteiger partial charge >= 0.3 is 0 Å². The van der Waals surface area contributed by atoms with E-state index in [-0.39, 0.29) is 5.41 Å². The molecule has 1 nitrogen and oxygen atoms in total. The van der Waals surface area contributed by atoms with Crippen molar-refractivity contribution in [3.05, 3.63) is 28.2 Å². The third-order valence-electron chi connectivity index (χ3n) is 4.17. The van der Waals surface area contributed by atoms with Crippen LogP contribution in [-0.4, -0.2) is 12.4 Å². The van der Waals surface area contributed by atoms with Crippen LogP contribution in [0.25, 0.3) is 0 Å². The SMILES string of the molecule is Cc1cc(Br)ccc1OCC1(CS)CCCCCC1. The molecule has 0 radical (unpaired) electrons. The molecular formula is C16H23BrOS. The smallest absolute Gasteiger partial charge is 0.122 e. The van der Waals surface area contributed by atoms with E-state index < -0.39 is 0 Å². The second-order valence-electron chi connectivity index (χ2n) is 5.77. The van der Waals surface area contributed by atoms with E-state index in [4.69, 9.17) is 4.74 Å². The molecule has 1 aliphatic carbocycles. The summed E-state index contributed by atoms with van der Waals surface area (Å²) in [7, 11) is 0. The molecule has 0 aromatic heterocycles. The summed E-state index contributed by atoms with van der Waals surface area (Å²) in [5.41, 5.74) is 1.47. The third-order valence-corrected chi connectivity index (χ3v) is 5.33. The highest BCUT2D eigenvalue weighted by molar-refractivity contribution is 9.10. The van der Waals surface area contributed by atoms with Gasteiger partial charge in [-0.2, -0.15) is 12.6 Å². The standard InChI is InChI=1S/C16H23BrOS/c1-13-10-14(17)6-7-15(13)18-11-16(12-19)8-4-2-3-5-9-16/h6-7,10,19H,2-5,8-9,11-12H2,1H3. The fourth-order valence-electron chi connectivity index (χ4n) is 2.83. The normalized spacial score (nSPS) is 18.9. The Hall–Kier alpha value is -0.150. The Labute approximate surface area is 130 Å². The summed E-state index contributed by atoms with van der Waals surface area (Å²) < 4.78 is 7.22. The topological polar surface area (TPSA) is 9.23 Å². The predicted octanol–water partition coefficient (Wildman–Crippen LogP) is 5.41. The molecule has 3 heteroatoms. The molecule has 1 saturated carbocycles. The van der Waals surface area contributed by atoms with Crippen LogP contribution in [0.3, 0.4) is 0 Å². The van der Waals surface area contributed by atoms with Crippen molar-refractivity contribution in [2.75, 3.05) is 12.4 Å². The van der Waals surface area contributed by atoms with Crippen LogP contribution in [0, 0.1) is 12.3 Å². The Balaban J connectivity index is 2.02. The van der Waals surface area contributed by atoms with E-state index in [1.807, 2.05) is 6.07 Å². The summed E-state index contributed by atoms with van der Waals surface area (Å²) in [6, 6.07) is 6.21. The minimum atomic E-state index is 0.277. The number of hydrogen-bond acceptors (Lipinski definition) is 2. The maximum Gasteiger partial charge on any atom is 0.122 e. The molecule has 1 aromatic rings. The van der Waals surface area contributed by atoms with Gasteiger partial charge in [0.2, 0.25) is 0 Å². The van der Waals surface area contributed by atoms with Gasteiger partial charge in [0.05, 0.1) is 6.61 Å². The largest absolute Gasteiger partial charge is 0.493 e. The number of thiol groups is 1. The maximum atomic E-state index is 6.11. The lowest BCUT2D eigenvalue weighted by atomic mass is 9.83. The molecule has 0 aliphatic heterocycles. The summed E-state index contributed by atoms with van der Waals surface area (Å²) in [6.45, 7) is 2.90. The number of benzene rings is 1. The molecule has 0 unspecified atom stereocenters. The Kier molecular flexibility index (Phi) is 5.64. The monoisotopic (exact) mass is 342 g/mol. The van der Waals surface area contributed by atoms with Crippen molar-refractivity contribution in [2.45, 2.75) is 45.4 Å². The first-order chi connectivity index (χ1) is 9.15. The molecule has 0 N–H and O–H groups in total. The van der Waals surface area contributed by atoms with Gasteiger partial charge in [0.25, 0.3) is 0 Å². The van der Waals surface area contributed by atoms with Crippen molar-refractivity contribution in [3.8, 4) is 5.75 Å². The minimum absolute atomic E-state index is 0.277. The van der Waals surface area contributed by atoms with E-state index in [0.29, 0.717) is 0 Å². The number of hydrogen-bond donors (Lipinski definition) is 1. The van der Waals surface area contributed by atoms with Crippen molar-refractivity contribution < 1.29 is 4.74 Å². The molecule has 0 amide bonds. The van der Waals surface area contributed by atoms with E-state index in [0.717, 1.165) is 22.6 Å². The van der Waals surface area contributed by atoms with Crippen LogP contribution >= 0.6 is 28.6 Å². The Morgan fingerprint density at radius 1 is 1.21 bits per heavy atom. The third kappa shape index (κ3) is 4.16.